The van der Waals surface area contributed by atoms with Crippen LogP contribution in [0.4, 0.5) is 0 Å². The third kappa shape index (κ3) is 2.59. The molecule has 1 aliphatic rings. The molecule has 3 rings (SSSR count). The second kappa shape index (κ2) is 5.57. The molecule has 1 aromatic heterocycles. The number of H-pyrrole nitrogens is 1. The van der Waals surface area contributed by atoms with Crippen molar-refractivity contribution in [1.82, 2.24) is 10.3 Å². The smallest absolute Gasteiger partial charge is 0.0456 e. The molecule has 0 amide bonds. The number of rotatable bonds is 4. The molecule has 1 unspecified atom stereocenters. The van der Waals surface area contributed by atoms with Crippen LogP contribution in [0.1, 0.15) is 31.2 Å². The van der Waals surface area contributed by atoms with Gasteiger partial charge in [-0.25, -0.2) is 0 Å². The molecule has 1 fully saturated rings. The summed E-state index contributed by atoms with van der Waals surface area (Å²) in [6, 6.07) is 8.61. The van der Waals surface area contributed by atoms with Crippen molar-refractivity contribution in [3.63, 3.8) is 0 Å². The fourth-order valence-corrected chi connectivity index (χ4v) is 3.09. The highest BCUT2D eigenvalue weighted by atomic mass is 14.9. The Morgan fingerprint density at radius 1 is 1.22 bits per heavy atom. The molecule has 0 radical (unpaired) electrons. The van der Waals surface area contributed by atoms with Gasteiger partial charge in [0.2, 0.25) is 0 Å². The van der Waals surface area contributed by atoms with E-state index in [9.17, 15) is 0 Å². The minimum absolute atomic E-state index is 0.906. The molecule has 0 spiro atoms. The van der Waals surface area contributed by atoms with Crippen molar-refractivity contribution in [2.45, 2.75) is 32.1 Å². The van der Waals surface area contributed by atoms with E-state index in [2.05, 4.69) is 40.8 Å². The van der Waals surface area contributed by atoms with Crippen LogP contribution in [0.2, 0.25) is 0 Å². The Morgan fingerprint density at radius 3 is 3.06 bits per heavy atom. The number of fused-ring (bicyclic) bond motifs is 1. The van der Waals surface area contributed by atoms with Crippen LogP contribution in [0.5, 0.6) is 0 Å². The maximum absolute atomic E-state index is 3.50. The average molecular weight is 242 g/mol. The minimum Gasteiger partial charge on any atom is -0.361 e. The van der Waals surface area contributed by atoms with Gasteiger partial charge in [-0.1, -0.05) is 18.2 Å². The van der Waals surface area contributed by atoms with Gasteiger partial charge in [0.05, 0.1) is 0 Å². The van der Waals surface area contributed by atoms with Gasteiger partial charge in [0.25, 0.3) is 0 Å². The number of aryl methyl sites for hydroxylation is 1. The van der Waals surface area contributed by atoms with Crippen LogP contribution < -0.4 is 5.32 Å². The third-order valence-electron chi connectivity index (χ3n) is 4.13. The first kappa shape index (κ1) is 11.8. The summed E-state index contributed by atoms with van der Waals surface area (Å²) in [5, 5.41) is 4.90. The van der Waals surface area contributed by atoms with Crippen molar-refractivity contribution >= 4 is 10.9 Å². The first-order chi connectivity index (χ1) is 8.93. The van der Waals surface area contributed by atoms with Gasteiger partial charge in [-0.15, -0.1) is 0 Å². The maximum Gasteiger partial charge on any atom is 0.0456 e. The summed E-state index contributed by atoms with van der Waals surface area (Å²) >= 11 is 0. The van der Waals surface area contributed by atoms with Crippen molar-refractivity contribution in [2.24, 2.45) is 5.92 Å². The monoisotopic (exact) mass is 242 g/mol. The zero-order valence-electron chi connectivity index (χ0n) is 10.9. The number of para-hydroxylation sites is 1. The summed E-state index contributed by atoms with van der Waals surface area (Å²) in [6.07, 6.45) is 8.85. The number of hydrogen-bond donors (Lipinski definition) is 2. The molecule has 2 aromatic rings. The van der Waals surface area contributed by atoms with E-state index in [0.717, 1.165) is 5.92 Å². The van der Waals surface area contributed by atoms with Crippen molar-refractivity contribution in [3.05, 3.63) is 36.0 Å². The molecule has 2 heteroatoms. The number of aromatic nitrogens is 1. The fourth-order valence-electron chi connectivity index (χ4n) is 3.09. The van der Waals surface area contributed by atoms with E-state index in [1.807, 2.05) is 0 Å². The highest BCUT2D eigenvalue weighted by Gasteiger charge is 2.12. The topological polar surface area (TPSA) is 27.8 Å². The number of aromatic amines is 1. The second-order valence-corrected chi connectivity index (χ2v) is 5.46. The van der Waals surface area contributed by atoms with Crippen molar-refractivity contribution < 1.29 is 0 Å². The molecular formula is C16H22N2. The Labute approximate surface area is 109 Å². The standard InChI is InChI=1S/C16H22N2/c1-2-9-16-15(8-1)14(12-18-16)7-3-5-13-6-4-10-17-11-13/h1-2,8-9,12-13,17-18H,3-7,10-11H2. The summed E-state index contributed by atoms with van der Waals surface area (Å²) in [6.45, 7) is 2.45. The Kier molecular flexibility index (Phi) is 3.65. The molecule has 2 heterocycles. The van der Waals surface area contributed by atoms with E-state index < -0.39 is 0 Å². The lowest BCUT2D eigenvalue weighted by molar-refractivity contribution is 0.351. The first-order valence-electron chi connectivity index (χ1n) is 7.19. The lowest BCUT2D eigenvalue weighted by Gasteiger charge is -2.22. The molecule has 0 bridgehead atoms. The van der Waals surface area contributed by atoms with E-state index in [-0.39, 0.29) is 0 Å². The molecular weight excluding hydrogens is 220 g/mol. The first-order valence-corrected chi connectivity index (χ1v) is 7.19. The van der Waals surface area contributed by atoms with Gasteiger partial charge in [0.15, 0.2) is 0 Å². The predicted molar refractivity (Wildman–Crippen MR) is 76.8 cm³/mol. The number of hydrogen-bond acceptors (Lipinski definition) is 1. The van der Waals surface area contributed by atoms with E-state index in [4.69, 9.17) is 0 Å². The highest BCUT2D eigenvalue weighted by molar-refractivity contribution is 5.82. The third-order valence-corrected chi connectivity index (χ3v) is 4.13. The minimum atomic E-state index is 0.906. The normalized spacial score (nSPS) is 20.3. The predicted octanol–water partition coefficient (Wildman–Crippen LogP) is 3.49. The van der Waals surface area contributed by atoms with Crippen LogP contribution in [0.15, 0.2) is 30.5 Å². The van der Waals surface area contributed by atoms with E-state index in [1.165, 1.54) is 61.7 Å². The van der Waals surface area contributed by atoms with Gasteiger partial charge >= 0.3 is 0 Å². The van der Waals surface area contributed by atoms with E-state index in [0.29, 0.717) is 0 Å². The van der Waals surface area contributed by atoms with Gasteiger partial charge in [-0.05, 0) is 62.7 Å². The van der Waals surface area contributed by atoms with E-state index in [1.54, 1.807) is 0 Å². The maximum atomic E-state index is 3.50. The zero-order valence-corrected chi connectivity index (χ0v) is 10.9. The molecule has 0 saturated carbocycles. The summed E-state index contributed by atoms with van der Waals surface area (Å²) in [5.41, 5.74) is 2.75. The molecule has 0 aliphatic carbocycles. The van der Waals surface area contributed by atoms with Crippen LogP contribution in [0.25, 0.3) is 10.9 Å². The molecule has 2 N–H and O–H groups in total. The Morgan fingerprint density at radius 2 is 2.17 bits per heavy atom. The molecule has 2 nitrogen and oxygen atoms in total. The number of benzene rings is 1. The lowest BCUT2D eigenvalue weighted by Crippen LogP contribution is -2.29. The molecule has 1 saturated heterocycles. The largest absolute Gasteiger partial charge is 0.361 e. The van der Waals surface area contributed by atoms with Crippen molar-refractivity contribution in [1.29, 1.82) is 0 Å². The van der Waals surface area contributed by atoms with Gasteiger partial charge in [0, 0.05) is 17.1 Å². The molecule has 18 heavy (non-hydrogen) atoms. The van der Waals surface area contributed by atoms with Crippen molar-refractivity contribution in [2.75, 3.05) is 13.1 Å². The Balaban J connectivity index is 1.56. The summed E-state index contributed by atoms with van der Waals surface area (Å²) in [4.78, 5) is 3.36. The van der Waals surface area contributed by atoms with Gasteiger partial charge in [-0.3, -0.25) is 0 Å². The van der Waals surface area contributed by atoms with Gasteiger partial charge in [0.1, 0.15) is 0 Å². The second-order valence-electron chi connectivity index (χ2n) is 5.46. The van der Waals surface area contributed by atoms with Crippen LogP contribution in [-0.2, 0) is 6.42 Å². The molecule has 1 atom stereocenters. The molecule has 1 aliphatic heterocycles. The fraction of sp³-hybridized carbons (Fsp3) is 0.500. The van der Waals surface area contributed by atoms with Crippen LogP contribution in [0, 0.1) is 5.92 Å². The molecule has 1 aromatic carbocycles. The van der Waals surface area contributed by atoms with Crippen LogP contribution in [-0.4, -0.2) is 18.1 Å². The Hall–Kier alpha value is -1.28. The zero-order chi connectivity index (χ0) is 12.2. The average Bonchev–Trinajstić information content (AvgIpc) is 2.84. The van der Waals surface area contributed by atoms with Crippen molar-refractivity contribution in [3.8, 4) is 0 Å². The van der Waals surface area contributed by atoms with E-state index >= 15 is 0 Å². The highest BCUT2D eigenvalue weighted by Crippen LogP contribution is 2.22. The summed E-state index contributed by atoms with van der Waals surface area (Å²) < 4.78 is 0. The van der Waals surface area contributed by atoms with Crippen LogP contribution in [0.3, 0.4) is 0 Å². The lowest BCUT2D eigenvalue weighted by atomic mass is 9.93. The molecule has 96 valence electrons. The Bertz CT molecular complexity index is 495. The SMILES string of the molecule is c1ccc2c(CCCC3CCCNC3)c[nH]c2c1. The van der Waals surface area contributed by atoms with Gasteiger partial charge in [-0.2, -0.15) is 0 Å². The number of nitrogens with one attached hydrogen (secondary N) is 2. The number of piperidine rings is 1. The summed E-state index contributed by atoms with van der Waals surface area (Å²) in [5.74, 6) is 0.906. The van der Waals surface area contributed by atoms with Gasteiger partial charge < -0.3 is 10.3 Å². The quantitative estimate of drug-likeness (QED) is 0.844. The van der Waals surface area contributed by atoms with Crippen LogP contribution >= 0.6 is 0 Å². The summed E-state index contributed by atoms with van der Waals surface area (Å²) in [7, 11) is 0.